The highest BCUT2D eigenvalue weighted by Crippen LogP contribution is 2.29. The second-order valence-corrected chi connectivity index (χ2v) is 5.41. The molecule has 0 aliphatic carbocycles. The van der Waals surface area contributed by atoms with Crippen molar-refractivity contribution in [2.75, 3.05) is 5.32 Å². The van der Waals surface area contributed by atoms with E-state index in [1.165, 1.54) is 6.07 Å². The highest BCUT2D eigenvalue weighted by atomic mass is 79.9. The summed E-state index contributed by atoms with van der Waals surface area (Å²) in [6, 6.07) is 12.2. The first-order chi connectivity index (χ1) is 9.65. The van der Waals surface area contributed by atoms with Crippen LogP contribution in [0.4, 0.5) is 15.9 Å². The molecule has 1 heterocycles. The normalized spacial score (nSPS) is 10.8. The summed E-state index contributed by atoms with van der Waals surface area (Å²) >= 11 is 9.22. The Morgan fingerprint density at radius 3 is 2.55 bits per heavy atom. The van der Waals surface area contributed by atoms with Gasteiger partial charge in [-0.25, -0.2) is 4.39 Å². The van der Waals surface area contributed by atoms with Crippen molar-refractivity contribution in [3.8, 4) is 0 Å². The lowest BCUT2D eigenvalue weighted by atomic mass is 10.2. The Morgan fingerprint density at radius 1 is 1.05 bits per heavy atom. The number of hydrogen-bond donors (Lipinski definition) is 1. The molecule has 2 aromatic carbocycles. The second-order valence-electron chi connectivity index (χ2n) is 4.13. The summed E-state index contributed by atoms with van der Waals surface area (Å²) in [6.07, 6.45) is 0. The molecule has 3 nitrogen and oxygen atoms in total. The molecule has 0 amide bonds. The number of aromatic nitrogens is 2. The maximum atomic E-state index is 13.8. The van der Waals surface area contributed by atoms with E-state index in [0.29, 0.717) is 21.1 Å². The molecule has 6 heteroatoms. The van der Waals surface area contributed by atoms with Crippen molar-refractivity contribution in [3.63, 3.8) is 0 Å². The molecule has 100 valence electrons. The zero-order valence-electron chi connectivity index (χ0n) is 10.1. The zero-order valence-corrected chi connectivity index (χ0v) is 12.4. The number of halogens is 3. The minimum Gasteiger partial charge on any atom is -0.336 e. The fourth-order valence-electron chi connectivity index (χ4n) is 1.88. The van der Waals surface area contributed by atoms with Gasteiger partial charge < -0.3 is 5.32 Å². The molecular weight excluding hydrogens is 345 g/mol. The number of rotatable bonds is 2. The summed E-state index contributed by atoms with van der Waals surface area (Å²) in [6.45, 7) is 0. The third-order valence-electron chi connectivity index (χ3n) is 2.83. The first kappa shape index (κ1) is 13.3. The first-order valence-electron chi connectivity index (χ1n) is 5.78. The Hall–Kier alpha value is -1.72. The van der Waals surface area contributed by atoms with Crippen LogP contribution < -0.4 is 5.32 Å². The summed E-state index contributed by atoms with van der Waals surface area (Å²) < 4.78 is 14.5. The summed E-state index contributed by atoms with van der Waals surface area (Å²) in [5, 5.41) is 12.7. The van der Waals surface area contributed by atoms with Gasteiger partial charge in [-0.05, 0) is 18.2 Å². The molecule has 0 spiro atoms. The lowest BCUT2D eigenvalue weighted by molar-refractivity contribution is 0.631. The smallest absolute Gasteiger partial charge is 0.161 e. The van der Waals surface area contributed by atoms with E-state index in [1.54, 1.807) is 12.1 Å². The van der Waals surface area contributed by atoms with E-state index in [4.69, 9.17) is 11.6 Å². The van der Waals surface area contributed by atoms with Crippen molar-refractivity contribution in [3.05, 3.63) is 57.9 Å². The van der Waals surface area contributed by atoms with Crippen LogP contribution in [0.2, 0.25) is 5.15 Å². The Kier molecular flexibility index (Phi) is 3.54. The molecule has 0 radical (unpaired) electrons. The van der Waals surface area contributed by atoms with Crippen molar-refractivity contribution in [2.24, 2.45) is 0 Å². The van der Waals surface area contributed by atoms with Gasteiger partial charge in [0.15, 0.2) is 11.0 Å². The molecule has 0 aliphatic rings. The first-order valence-corrected chi connectivity index (χ1v) is 6.95. The van der Waals surface area contributed by atoms with E-state index >= 15 is 0 Å². The van der Waals surface area contributed by atoms with Gasteiger partial charge in [0.1, 0.15) is 5.82 Å². The molecular formula is C14H8BrClFN3. The topological polar surface area (TPSA) is 37.8 Å². The van der Waals surface area contributed by atoms with E-state index in [1.807, 2.05) is 24.3 Å². The maximum absolute atomic E-state index is 13.8. The van der Waals surface area contributed by atoms with E-state index in [0.717, 1.165) is 10.8 Å². The number of fused-ring (bicyclic) bond motifs is 1. The molecule has 0 atom stereocenters. The average molecular weight is 353 g/mol. The number of nitrogens with one attached hydrogen (secondary N) is 1. The lowest BCUT2D eigenvalue weighted by Crippen LogP contribution is -1.99. The summed E-state index contributed by atoms with van der Waals surface area (Å²) in [4.78, 5) is 0. The second kappa shape index (κ2) is 5.34. The predicted molar refractivity (Wildman–Crippen MR) is 81.9 cm³/mol. The average Bonchev–Trinajstić information content (AvgIpc) is 2.45. The van der Waals surface area contributed by atoms with Crippen LogP contribution in [0.25, 0.3) is 10.8 Å². The number of anilines is 2. The lowest BCUT2D eigenvalue weighted by Gasteiger charge is -2.09. The number of hydrogen-bond acceptors (Lipinski definition) is 3. The molecule has 0 unspecified atom stereocenters. The van der Waals surface area contributed by atoms with E-state index in [9.17, 15) is 4.39 Å². The summed E-state index contributed by atoms with van der Waals surface area (Å²) in [5.41, 5.74) is 0.329. The molecule has 3 rings (SSSR count). The monoisotopic (exact) mass is 351 g/mol. The molecule has 3 aromatic rings. The quantitative estimate of drug-likeness (QED) is 0.711. The van der Waals surface area contributed by atoms with Gasteiger partial charge in [0.2, 0.25) is 0 Å². The molecule has 0 saturated carbocycles. The van der Waals surface area contributed by atoms with E-state index in [-0.39, 0.29) is 5.82 Å². The summed E-state index contributed by atoms with van der Waals surface area (Å²) in [5.74, 6) is 0.0893. The largest absolute Gasteiger partial charge is 0.336 e. The van der Waals surface area contributed by atoms with Crippen molar-refractivity contribution < 1.29 is 4.39 Å². The van der Waals surface area contributed by atoms with E-state index < -0.39 is 0 Å². The Morgan fingerprint density at radius 2 is 1.80 bits per heavy atom. The van der Waals surface area contributed by atoms with Crippen LogP contribution in [0, 0.1) is 5.82 Å². The van der Waals surface area contributed by atoms with Crippen LogP contribution in [0.1, 0.15) is 0 Å². The van der Waals surface area contributed by atoms with Crippen LogP contribution in [0.3, 0.4) is 0 Å². The van der Waals surface area contributed by atoms with Gasteiger partial charge in [0.25, 0.3) is 0 Å². The SMILES string of the molecule is Fc1cc(Br)ccc1Nc1nnc(Cl)c2ccccc12. The van der Waals surface area contributed by atoms with Gasteiger partial charge in [-0.2, -0.15) is 0 Å². The Balaban J connectivity index is 2.09. The molecule has 0 aliphatic heterocycles. The van der Waals surface area contributed by atoms with Gasteiger partial charge in [-0.15, -0.1) is 10.2 Å². The van der Waals surface area contributed by atoms with Gasteiger partial charge >= 0.3 is 0 Å². The molecule has 0 saturated heterocycles. The van der Waals surface area contributed by atoms with Crippen LogP contribution >= 0.6 is 27.5 Å². The third kappa shape index (κ3) is 2.46. The Bertz CT molecular complexity index is 794. The number of benzene rings is 2. The fraction of sp³-hybridized carbons (Fsp3) is 0. The Labute approximate surface area is 127 Å². The molecule has 0 bridgehead atoms. The predicted octanol–water partition coefficient (Wildman–Crippen LogP) is 4.93. The maximum Gasteiger partial charge on any atom is 0.161 e. The molecule has 20 heavy (non-hydrogen) atoms. The van der Waals surface area contributed by atoms with Crippen molar-refractivity contribution in [1.82, 2.24) is 10.2 Å². The minimum atomic E-state index is -0.375. The fourth-order valence-corrected chi connectivity index (χ4v) is 2.42. The van der Waals surface area contributed by atoms with Crippen molar-refractivity contribution in [1.29, 1.82) is 0 Å². The minimum absolute atomic E-state index is 0.322. The standard InChI is InChI=1S/C14H8BrClFN3/c15-8-5-6-12(11(17)7-8)18-14-10-4-2-1-3-9(10)13(16)19-20-14/h1-7H,(H,18,20). The third-order valence-corrected chi connectivity index (χ3v) is 3.60. The molecule has 0 fully saturated rings. The van der Waals surface area contributed by atoms with Gasteiger partial charge in [-0.1, -0.05) is 51.8 Å². The van der Waals surface area contributed by atoms with Crippen molar-refractivity contribution >= 4 is 49.8 Å². The van der Waals surface area contributed by atoms with Gasteiger partial charge in [0.05, 0.1) is 5.69 Å². The highest BCUT2D eigenvalue weighted by Gasteiger charge is 2.09. The van der Waals surface area contributed by atoms with Crippen LogP contribution in [-0.4, -0.2) is 10.2 Å². The van der Waals surface area contributed by atoms with Crippen LogP contribution in [0.5, 0.6) is 0 Å². The van der Waals surface area contributed by atoms with Gasteiger partial charge in [0, 0.05) is 15.2 Å². The zero-order chi connectivity index (χ0) is 14.1. The molecule has 1 N–H and O–H groups in total. The molecule has 1 aromatic heterocycles. The summed E-state index contributed by atoms with van der Waals surface area (Å²) in [7, 11) is 0. The number of nitrogens with zero attached hydrogens (tertiary/aromatic N) is 2. The van der Waals surface area contributed by atoms with Crippen LogP contribution in [-0.2, 0) is 0 Å². The van der Waals surface area contributed by atoms with Crippen molar-refractivity contribution in [2.45, 2.75) is 0 Å². The van der Waals surface area contributed by atoms with Crippen LogP contribution in [0.15, 0.2) is 46.9 Å². The highest BCUT2D eigenvalue weighted by molar-refractivity contribution is 9.10. The van der Waals surface area contributed by atoms with E-state index in [2.05, 4.69) is 31.4 Å². The van der Waals surface area contributed by atoms with Gasteiger partial charge in [-0.3, -0.25) is 0 Å².